The Morgan fingerprint density at radius 1 is 1.38 bits per heavy atom. The number of hydrogen-bond acceptors (Lipinski definition) is 4. The summed E-state index contributed by atoms with van der Waals surface area (Å²) < 4.78 is 29.6. The van der Waals surface area contributed by atoms with Crippen LogP contribution in [-0.2, 0) is 10.0 Å². The molecular weight excluding hydrogens is 252 g/mol. The molecule has 0 amide bonds. The minimum Gasteiger partial charge on any atom is -0.493 e. The number of hydrogen-bond donors (Lipinski definition) is 1. The largest absolute Gasteiger partial charge is 0.493 e. The molecule has 5 nitrogen and oxygen atoms in total. The van der Waals surface area contributed by atoms with Crippen molar-refractivity contribution in [2.24, 2.45) is 0 Å². The lowest BCUT2D eigenvalue weighted by molar-refractivity contribution is 0.417. The molecule has 2 N–H and O–H groups in total. The first-order valence-electron chi connectivity index (χ1n) is 4.36. The lowest BCUT2D eigenvalue weighted by atomic mass is 10.3. The average molecular weight is 265 g/mol. The lowest BCUT2D eigenvalue weighted by Gasteiger charge is -2.14. The molecule has 0 aromatic heterocycles. The van der Waals surface area contributed by atoms with E-state index in [2.05, 4.69) is 0 Å². The fourth-order valence-electron chi connectivity index (χ4n) is 1.16. The molecule has 0 fully saturated rings. The molecule has 0 aliphatic heterocycles. The van der Waals surface area contributed by atoms with Crippen LogP contribution < -0.4 is 10.5 Å². The number of nitrogen functional groups attached to an aromatic ring is 1. The van der Waals surface area contributed by atoms with Gasteiger partial charge in [0.1, 0.15) is 0 Å². The maximum absolute atomic E-state index is 11.8. The molecular formula is C9H13ClN2O3S. The summed E-state index contributed by atoms with van der Waals surface area (Å²) in [6.07, 6.45) is 0. The molecule has 0 atom stereocenters. The summed E-state index contributed by atoms with van der Waals surface area (Å²) in [6, 6.07) is 2.63. The molecule has 0 aliphatic carbocycles. The van der Waals surface area contributed by atoms with Crippen LogP contribution in [0.25, 0.3) is 0 Å². The summed E-state index contributed by atoms with van der Waals surface area (Å²) in [4.78, 5) is 0.0424. The minimum absolute atomic E-state index is 0.0424. The first kappa shape index (κ1) is 13.1. The van der Waals surface area contributed by atoms with E-state index >= 15 is 0 Å². The molecule has 0 spiro atoms. The van der Waals surface area contributed by atoms with Gasteiger partial charge in [0.15, 0.2) is 5.75 Å². The molecule has 0 saturated carbocycles. The quantitative estimate of drug-likeness (QED) is 0.832. The minimum atomic E-state index is -3.53. The van der Waals surface area contributed by atoms with E-state index in [1.807, 2.05) is 0 Å². The van der Waals surface area contributed by atoms with Crippen molar-refractivity contribution in [1.29, 1.82) is 0 Å². The van der Waals surface area contributed by atoms with Crippen molar-refractivity contribution in [2.75, 3.05) is 26.9 Å². The zero-order valence-electron chi connectivity index (χ0n) is 9.19. The van der Waals surface area contributed by atoms with E-state index in [0.717, 1.165) is 4.31 Å². The highest BCUT2D eigenvalue weighted by Crippen LogP contribution is 2.34. The van der Waals surface area contributed by atoms with Crippen LogP contribution in [0.4, 0.5) is 5.69 Å². The van der Waals surface area contributed by atoms with Crippen LogP contribution in [0.3, 0.4) is 0 Å². The predicted octanol–water partition coefficient (Wildman–Crippen LogP) is 1.18. The Balaban J connectivity index is 3.41. The highest BCUT2D eigenvalue weighted by molar-refractivity contribution is 7.89. The Kier molecular flexibility index (Phi) is 3.67. The fraction of sp³-hybridized carbons (Fsp3) is 0.333. The zero-order chi connectivity index (χ0) is 12.5. The van der Waals surface area contributed by atoms with E-state index in [-0.39, 0.29) is 21.4 Å². The fourth-order valence-corrected chi connectivity index (χ4v) is 2.50. The number of benzene rings is 1. The number of ether oxygens (including phenoxy) is 1. The first-order valence-corrected chi connectivity index (χ1v) is 6.18. The Bertz CT molecular complexity index is 476. The molecule has 1 aromatic rings. The summed E-state index contributed by atoms with van der Waals surface area (Å²) in [5.41, 5.74) is 5.83. The third-order valence-electron chi connectivity index (χ3n) is 2.03. The van der Waals surface area contributed by atoms with Crippen molar-refractivity contribution >= 4 is 27.3 Å². The second kappa shape index (κ2) is 4.48. The molecule has 0 unspecified atom stereocenters. The molecule has 7 heteroatoms. The van der Waals surface area contributed by atoms with Gasteiger partial charge in [-0.15, -0.1) is 0 Å². The van der Waals surface area contributed by atoms with Gasteiger partial charge in [0.25, 0.3) is 0 Å². The number of nitrogens with two attached hydrogens (primary N) is 1. The van der Waals surface area contributed by atoms with Crippen molar-refractivity contribution in [3.8, 4) is 5.75 Å². The topological polar surface area (TPSA) is 72.6 Å². The summed E-state index contributed by atoms with van der Waals surface area (Å²) in [6.45, 7) is 0. The number of anilines is 1. The highest BCUT2D eigenvalue weighted by atomic mass is 35.5. The number of nitrogens with zero attached hydrogens (tertiary/aromatic N) is 1. The van der Waals surface area contributed by atoms with Crippen LogP contribution in [0.1, 0.15) is 0 Å². The summed E-state index contributed by atoms with van der Waals surface area (Å²) in [5, 5.41) is 0.169. The van der Waals surface area contributed by atoms with Gasteiger partial charge in [0.05, 0.1) is 22.7 Å². The normalized spacial score (nSPS) is 11.8. The summed E-state index contributed by atoms with van der Waals surface area (Å²) >= 11 is 5.86. The third kappa shape index (κ3) is 2.23. The molecule has 0 saturated heterocycles. The van der Waals surface area contributed by atoms with Gasteiger partial charge in [-0.1, -0.05) is 11.6 Å². The number of rotatable bonds is 3. The van der Waals surface area contributed by atoms with Crippen LogP contribution in [0, 0.1) is 0 Å². The first-order chi connectivity index (χ1) is 7.30. The van der Waals surface area contributed by atoms with Crippen LogP contribution in [0.2, 0.25) is 5.02 Å². The Morgan fingerprint density at radius 2 is 1.94 bits per heavy atom. The lowest BCUT2D eigenvalue weighted by Crippen LogP contribution is -2.22. The molecule has 1 rings (SSSR count). The van der Waals surface area contributed by atoms with E-state index in [1.165, 1.54) is 33.3 Å². The Morgan fingerprint density at radius 3 is 2.31 bits per heavy atom. The van der Waals surface area contributed by atoms with Gasteiger partial charge in [-0.05, 0) is 12.1 Å². The van der Waals surface area contributed by atoms with E-state index < -0.39 is 10.0 Å². The second-order valence-electron chi connectivity index (χ2n) is 3.32. The van der Waals surface area contributed by atoms with Crippen molar-refractivity contribution in [2.45, 2.75) is 4.90 Å². The van der Waals surface area contributed by atoms with E-state index in [9.17, 15) is 8.42 Å². The van der Waals surface area contributed by atoms with Gasteiger partial charge in [-0.2, -0.15) is 0 Å². The van der Waals surface area contributed by atoms with Gasteiger partial charge in [0.2, 0.25) is 10.0 Å². The second-order valence-corrected chi connectivity index (χ2v) is 5.87. The zero-order valence-corrected chi connectivity index (χ0v) is 10.8. The molecule has 16 heavy (non-hydrogen) atoms. The number of methoxy groups -OCH3 is 1. The van der Waals surface area contributed by atoms with Crippen LogP contribution in [-0.4, -0.2) is 33.9 Å². The molecule has 1 aromatic carbocycles. The van der Waals surface area contributed by atoms with E-state index in [0.29, 0.717) is 0 Å². The van der Waals surface area contributed by atoms with Crippen molar-refractivity contribution in [3.05, 3.63) is 17.2 Å². The van der Waals surface area contributed by atoms with Gasteiger partial charge in [-0.3, -0.25) is 0 Å². The van der Waals surface area contributed by atoms with Gasteiger partial charge in [-0.25, -0.2) is 12.7 Å². The molecule has 0 heterocycles. The molecule has 90 valence electrons. The van der Waals surface area contributed by atoms with Crippen molar-refractivity contribution < 1.29 is 13.2 Å². The van der Waals surface area contributed by atoms with E-state index in [1.54, 1.807) is 0 Å². The third-order valence-corrected chi connectivity index (χ3v) is 4.10. The van der Waals surface area contributed by atoms with Gasteiger partial charge >= 0.3 is 0 Å². The van der Waals surface area contributed by atoms with Crippen molar-refractivity contribution in [1.82, 2.24) is 4.31 Å². The molecule has 0 aliphatic rings. The van der Waals surface area contributed by atoms with Crippen LogP contribution >= 0.6 is 11.6 Å². The van der Waals surface area contributed by atoms with Crippen LogP contribution in [0.5, 0.6) is 5.75 Å². The maximum atomic E-state index is 11.8. The summed E-state index contributed by atoms with van der Waals surface area (Å²) in [7, 11) is 0.749. The Hall–Kier alpha value is -0.980. The smallest absolute Gasteiger partial charge is 0.242 e. The predicted molar refractivity (Wildman–Crippen MR) is 63.3 cm³/mol. The maximum Gasteiger partial charge on any atom is 0.242 e. The van der Waals surface area contributed by atoms with Gasteiger partial charge in [0, 0.05) is 14.1 Å². The monoisotopic (exact) mass is 264 g/mol. The highest BCUT2D eigenvalue weighted by Gasteiger charge is 2.20. The Labute approximate surface area is 99.8 Å². The summed E-state index contributed by atoms with van der Waals surface area (Å²) in [5.74, 6) is 0.277. The molecule has 0 bridgehead atoms. The van der Waals surface area contributed by atoms with E-state index in [4.69, 9.17) is 22.1 Å². The van der Waals surface area contributed by atoms with Crippen LogP contribution in [0.15, 0.2) is 17.0 Å². The van der Waals surface area contributed by atoms with Gasteiger partial charge < -0.3 is 10.5 Å². The number of halogens is 1. The average Bonchev–Trinajstić information content (AvgIpc) is 2.16. The standard InChI is InChI=1S/C9H13ClN2O3S/c1-12(2)16(13,14)6-4-7(10)9(15-3)8(11)5-6/h4-5H,11H2,1-3H3. The SMILES string of the molecule is COc1c(N)cc(S(=O)(=O)N(C)C)cc1Cl. The number of sulfonamides is 1. The molecule has 0 radical (unpaired) electrons. The van der Waals surface area contributed by atoms with Crippen molar-refractivity contribution in [3.63, 3.8) is 0 Å².